The molecule has 0 bridgehead atoms. The summed E-state index contributed by atoms with van der Waals surface area (Å²) >= 11 is 0. The molecule has 0 fully saturated rings. The number of halogens is 1. The number of aromatic nitrogens is 1. The minimum Gasteiger partial charge on any atom is -0.363 e. The number of rotatable bonds is 2. The van der Waals surface area contributed by atoms with Crippen LogP contribution in [-0.2, 0) is 6.67 Å². The van der Waals surface area contributed by atoms with Crippen molar-refractivity contribution in [2.24, 2.45) is 0 Å². The number of anilines is 1. The van der Waals surface area contributed by atoms with Crippen molar-refractivity contribution in [3.05, 3.63) is 23.9 Å². The molecule has 0 amide bonds. The fourth-order valence-electron chi connectivity index (χ4n) is 0.790. The molecule has 0 saturated carbocycles. The maximum absolute atomic E-state index is 12.1. The van der Waals surface area contributed by atoms with Crippen LogP contribution >= 0.6 is 0 Å². The molecule has 11 heavy (non-hydrogen) atoms. The Hall–Kier alpha value is -1.12. The summed E-state index contributed by atoms with van der Waals surface area (Å²) in [6.45, 7) is -0.498. The van der Waals surface area contributed by atoms with E-state index in [1.807, 2.05) is 25.1 Å². The molecule has 0 atom stereocenters. The number of hydrogen-bond donors (Lipinski definition) is 0. The summed E-state index contributed by atoms with van der Waals surface area (Å²) in [5.41, 5.74) is 0.483. The molecule has 0 aliphatic rings. The molecule has 0 unspecified atom stereocenters. The van der Waals surface area contributed by atoms with Crippen LogP contribution in [0.3, 0.4) is 0 Å². The van der Waals surface area contributed by atoms with Crippen LogP contribution in [0.4, 0.5) is 10.2 Å². The highest BCUT2D eigenvalue weighted by Crippen LogP contribution is 2.07. The summed E-state index contributed by atoms with van der Waals surface area (Å²) in [6, 6.07) is 5.32. The van der Waals surface area contributed by atoms with Gasteiger partial charge >= 0.3 is 0 Å². The maximum atomic E-state index is 12.1. The second-order valence-electron chi connectivity index (χ2n) is 2.52. The van der Waals surface area contributed by atoms with Crippen LogP contribution < -0.4 is 4.90 Å². The van der Waals surface area contributed by atoms with Gasteiger partial charge in [-0.25, -0.2) is 9.37 Å². The Morgan fingerprint density at radius 2 is 2.18 bits per heavy atom. The van der Waals surface area contributed by atoms with Gasteiger partial charge in [-0.05, 0) is 12.1 Å². The van der Waals surface area contributed by atoms with Gasteiger partial charge < -0.3 is 4.90 Å². The molecule has 1 aromatic rings. The highest BCUT2D eigenvalue weighted by molar-refractivity contribution is 5.36. The molecule has 0 aliphatic heterocycles. The lowest BCUT2D eigenvalue weighted by Crippen LogP contribution is -2.10. The van der Waals surface area contributed by atoms with Crippen molar-refractivity contribution in [1.82, 2.24) is 4.98 Å². The van der Waals surface area contributed by atoms with Crippen molar-refractivity contribution in [1.29, 1.82) is 0 Å². The molecule has 1 heterocycles. The van der Waals surface area contributed by atoms with Gasteiger partial charge in [-0.15, -0.1) is 0 Å². The van der Waals surface area contributed by atoms with Crippen molar-refractivity contribution >= 4 is 5.82 Å². The highest BCUT2D eigenvalue weighted by atomic mass is 19.1. The largest absolute Gasteiger partial charge is 0.363 e. The lowest BCUT2D eigenvalue weighted by Gasteiger charge is -2.10. The third-order valence-corrected chi connectivity index (χ3v) is 1.39. The monoisotopic (exact) mass is 154 g/mol. The topological polar surface area (TPSA) is 16.1 Å². The summed E-state index contributed by atoms with van der Waals surface area (Å²) in [4.78, 5) is 5.89. The van der Waals surface area contributed by atoms with Gasteiger partial charge in [0.1, 0.15) is 12.5 Å². The Morgan fingerprint density at radius 3 is 2.73 bits per heavy atom. The maximum Gasteiger partial charge on any atom is 0.132 e. The van der Waals surface area contributed by atoms with Gasteiger partial charge in [0, 0.05) is 14.1 Å². The lowest BCUT2D eigenvalue weighted by atomic mass is 10.3. The molecule has 0 spiro atoms. The number of hydrogen-bond acceptors (Lipinski definition) is 2. The van der Waals surface area contributed by atoms with Crippen molar-refractivity contribution in [2.45, 2.75) is 6.67 Å². The zero-order valence-electron chi connectivity index (χ0n) is 6.71. The van der Waals surface area contributed by atoms with Crippen LogP contribution in [0.5, 0.6) is 0 Å². The fourth-order valence-corrected chi connectivity index (χ4v) is 0.790. The summed E-state index contributed by atoms with van der Waals surface area (Å²) in [5, 5.41) is 0. The van der Waals surface area contributed by atoms with Crippen molar-refractivity contribution in [2.75, 3.05) is 19.0 Å². The lowest BCUT2D eigenvalue weighted by molar-refractivity contribution is 0.476. The normalized spacial score (nSPS) is 9.73. The first-order chi connectivity index (χ1) is 5.24. The summed E-state index contributed by atoms with van der Waals surface area (Å²) < 4.78 is 12.1. The second kappa shape index (κ2) is 3.32. The van der Waals surface area contributed by atoms with Crippen LogP contribution in [0.15, 0.2) is 18.2 Å². The Balaban J connectivity index is 2.91. The van der Waals surface area contributed by atoms with E-state index in [4.69, 9.17) is 0 Å². The van der Waals surface area contributed by atoms with Gasteiger partial charge in [0.2, 0.25) is 0 Å². The van der Waals surface area contributed by atoms with E-state index >= 15 is 0 Å². The van der Waals surface area contributed by atoms with Gasteiger partial charge in [0.25, 0.3) is 0 Å². The number of alkyl halides is 1. The Labute approximate surface area is 65.7 Å². The summed E-state index contributed by atoms with van der Waals surface area (Å²) in [6.07, 6.45) is 0. The van der Waals surface area contributed by atoms with Gasteiger partial charge in [-0.3, -0.25) is 0 Å². The van der Waals surface area contributed by atoms with Crippen LogP contribution in [0.25, 0.3) is 0 Å². The molecule has 0 saturated heterocycles. The standard InChI is InChI=1S/C8H11FN2/c1-11(2)8-5-3-4-7(6-9)10-8/h3-5H,6H2,1-2H3. The van der Waals surface area contributed by atoms with E-state index in [0.717, 1.165) is 5.82 Å². The second-order valence-corrected chi connectivity index (χ2v) is 2.52. The third-order valence-electron chi connectivity index (χ3n) is 1.39. The number of pyridine rings is 1. The molecule has 0 aromatic carbocycles. The Morgan fingerprint density at radius 1 is 1.45 bits per heavy atom. The summed E-state index contributed by atoms with van der Waals surface area (Å²) in [7, 11) is 3.76. The van der Waals surface area contributed by atoms with E-state index in [1.54, 1.807) is 12.1 Å². The van der Waals surface area contributed by atoms with Crippen LogP contribution in [0, 0.1) is 0 Å². The highest BCUT2D eigenvalue weighted by Gasteiger charge is 1.97. The molecule has 0 radical (unpaired) electrons. The zero-order valence-corrected chi connectivity index (χ0v) is 6.71. The predicted molar refractivity (Wildman–Crippen MR) is 43.4 cm³/mol. The quantitative estimate of drug-likeness (QED) is 0.643. The van der Waals surface area contributed by atoms with Gasteiger partial charge in [0.05, 0.1) is 5.69 Å². The zero-order chi connectivity index (χ0) is 8.27. The SMILES string of the molecule is CN(C)c1cccc(CF)n1. The molecular formula is C8H11FN2. The van der Waals surface area contributed by atoms with Crippen molar-refractivity contribution in [3.8, 4) is 0 Å². The molecule has 60 valence electrons. The Bertz CT molecular complexity index is 235. The van der Waals surface area contributed by atoms with Crippen LogP contribution in [-0.4, -0.2) is 19.1 Å². The molecule has 2 nitrogen and oxygen atoms in total. The predicted octanol–water partition coefficient (Wildman–Crippen LogP) is 1.62. The molecular weight excluding hydrogens is 143 g/mol. The van der Waals surface area contributed by atoms with Gasteiger partial charge in [0.15, 0.2) is 0 Å². The van der Waals surface area contributed by atoms with Crippen LogP contribution in [0.1, 0.15) is 5.69 Å². The van der Waals surface area contributed by atoms with E-state index in [0.29, 0.717) is 5.69 Å². The van der Waals surface area contributed by atoms with E-state index in [2.05, 4.69) is 4.98 Å². The molecule has 0 N–H and O–H groups in total. The van der Waals surface area contributed by atoms with E-state index in [1.165, 1.54) is 0 Å². The first-order valence-corrected chi connectivity index (χ1v) is 3.43. The average molecular weight is 154 g/mol. The Kier molecular flexibility index (Phi) is 2.41. The minimum absolute atomic E-state index is 0.483. The van der Waals surface area contributed by atoms with E-state index in [9.17, 15) is 4.39 Å². The van der Waals surface area contributed by atoms with Crippen molar-refractivity contribution < 1.29 is 4.39 Å². The van der Waals surface area contributed by atoms with E-state index in [-0.39, 0.29) is 0 Å². The first kappa shape index (κ1) is 7.98. The minimum atomic E-state index is -0.498. The van der Waals surface area contributed by atoms with Gasteiger partial charge in [-0.2, -0.15) is 0 Å². The molecule has 3 heteroatoms. The van der Waals surface area contributed by atoms with E-state index < -0.39 is 6.67 Å². The van der Waals surface area contributed by atoms with Crippen molar-refractivity contribution in [3.63, 3.8) is 0 Å². The number of nitrogens with zero attached hydrogens (tertiary/aromatic N) is 2. The molecule has 1 rings (SSSR count). The fraction of sp³-hybridized carbons (Fsp3) is 0.375. The molecule has 0 aliphatic carbocycles. The first-order valence-electron chi connectivity index (χ1n) is 3.43. The van der Waals surface area contributed by atoms with Crippen LogP contribution in [0.2, 0.25) is 0 Å². The van der Waals surface area contributed by atoms with Gasteiger partial charge in [-0.1, -0.05) is 6.07 Å². The third kappa shape index (κ3) is 1.90. The smallest absolute Gasteiger partial charge is 0.132 e. The molecule has 1 aromatic heterocycles. The average Bonchev–Trinajstić information content (AvgIpc) is 2.05. The summed E-state index contributed by atoms with van der Waals surface area (Å²) in [5.74, 6) is 0.792.